The van der Waals surface area contributed by atoms with Crippen LogP contribution in [0.5, 0.6) is 0 Å². The molecule has 0 radical (unpaired) electrons. The predicted octanol–water partition coefficient (Wildman–Crippen LogP) is 12.1. The number of ether oxygens (including phenoxy) is 3. The highest BCUT2D eigenvalue weighted by Crippen LogP contribution is 2.38. The Hall–Kier alpha value is -7.84. The van der Waals surface area contributed by atoms with Crippen LogP contribution in [0.1, 0.15) is 231 Å². The molecule has 22 nitrogen and oxygen atoms in total. The molecule has 3 aliphatic rings. The number of Topliss-reactive ketones (excluding diaryl/α,β-unsaturated/α-hetero) is 1. The third-order valence-electron chi connectivity index (χ3n) is 16.6. The molecule has 6 amide bonds. The number of hydrogen-bond acceptors (Lipinski definition) is 16. The van der Waals surface area contributed by atoms with Crippen LogP contribution in [0.4, 0.5) is 18.9 Å². The average molecular weight is 1530 g/mol. The number of amides is 6. The van der Waals surface area contributed by atoms with Crippen LogP contribution in [0.15, 0.2) is 85.3 Å². The first kappa shape index (κ1) is 88.4. The number of imide groups is 2. The molecule has 0 spiro atoms. The number of aromatic nitrogens is 4. The van der Waals surface area contributed by atoms with E-state index < -0.39 is 52.6 Å². The molecule has 0 bridgehead atoms. The number of morpholine rings is 1. The molecule has 5 heterocycles. The van der Waals surface area contributed by atoms with E-state index in [0.29, 0.717) is 62.9 Å². The number of unbranched alkanes of at least 4 members (excludes halogenated alkanes) is 8. The number of terminal acetylenes is 1. The van der Waals surface area contributed by atoms with Gasteiger partial charge in [-0.1, -0.05) is 85.8 Å². The summed E-state index contributed by atoms with van der Waals surface area (Å²) in [5.41, 5.74) is 18.2. The Morgan fingerprint density at radius 2 is 1.49 bits per heavy atom. The number of ketones is 1. The predicted molar refractivity (Wildman–Crippen MR) is 397 cm³/mol. The molecule has 3 aliphatic heterocycles. The SMILES string of the molecule is C#CCCCCOC(C)(C)c1ncc(-c2cc(CC(=O)c3cccc(C(F)(F)F)c3)ccc2C)cc1N1CCOCC1.CC(C)(C)NC(=O)CCCCCn1ccnn1.CC(C)(NC(=O)CCCCCN)c1cccc2c1C(=O)N(C1CCC(=O)NC1=O)C2=O.CCCCCOC(C)C.I.N=[NH2+]. The summed E-state index contributed by atoms with van der Waals surface area (Å²) in [7, 11) is 0. The van der Waals surface area contributed by atoms with Gasteiger partial charge in [-0.05, 0) is 174 Å². The molecule has 102 heavy (non-hydrogen) atoms. The molecule has 3 aromatic carbocycles. The van der Waals surface area contributed by atoms with Crippen molar-refractivity contribution in [3.05, 3.63) is 130 Å². The number of benzene rings is 3. The van der Waals surface area contributed by atoms with Crippen LogP contribution in [-0.4, -0.2) is 130 Å². The van der Waals surface area contributed by atoms with E-state index in [1.54, 1.807) is 32.2 Å². The molecule has 26 heteroatoms. The summed E-state index contributed by atoms with van der Waals surface area (Å²) < 4.78 is 58.6. The minimum atomic E-state index is -4.51. The lowest BCUT2D eigenvalue weighted by Crippen LogP contribution is -2.54. The molecule has 2 saturated heterocycles. The first-order chi connectivity index (χ1) is 47.9. The molecule has 2 fully saturated rings. The van der Waals surface area contributed by atoms with E-state index in [1.807, 2.05) is 76.8 Å². The summed E-state index contributed by atoms with van der Waals surface area (Å²) in [6, 6.07) is 16.2. The van der Waals surface area contributed by atoms with Gasteiger partial charge in [0.05, 0.1) is 59.1 Å². The summed E-state index contributed by atoms with van der Waals surface area (Å²) >= 11 is 0. The molecule has 2 aromatic heterocycles. The zero-order chi connectivity index (χ0) is 74.9. The molecule has 1 unspecified atom stereocenters. The Morgan fingerprint density at radius 3 is 2.11 bits per heavy atom. The highest BCUT2D eigenvalue weighted by atomic mass is 127. The van der Waals surface area contributed by atoms with Crippen LogP contribution in [0.2, 0.25) is 0 Å². The van der Waals surface area contributed by atoms with Crippen molar-refractivity contribution in [3.8, 4) is 23.5 Å². The normalized spacial score (nSPS) is 14.4. The number of piperidine rings is 1. The summed E-state index contributed by atoms with van der Waals surface area (Å²) in [5, 5.41) is 15.7. The first-order valence-corrected chi connectivity index (χ1v) is 35.0. The number of halogens is 4. The zero-order valence-corrected chi connectivity index (χ0v) is 63.8. The fraction of sp³-hybridized carbons (Fsp3) is 0.553. The number of carbonyl (C=O) groups excluding carboxylic acids is 7. The van der Waals surface area contributed by atoms with Gasteiger partial charge in [0.2, 0.25) is 23.6 Å². The lowest BCUT2D eigenvalue weighted by molar-refractivity contribution is -0.249. The molecule has 560 valence electrons. The summed E-state index contributed by atoms with van der Waals surface area (Å²) in [4.78, 5) is 95.0. The van der Waals surface area contributed by atoms with Gasteiger partial charge in [0, 0.05) is 94.0 Å². The van der Waals surface area contributed by atoms with Crippen molar-refractivity contribution in [3.63, 3.8) is 0 Å². The quantitative estimate of drug-likeness (QED) is 0.00622. The van der Waals surface area contributed by atoms with Crippen molar-refractivity contribution in [1.82, 2.24) is 40.8 Å². The Morgan fingerprint density at radius 1 is 0.824 bits per heavy atom. The summed E-state index contributed by atoms with van der Waals surface area (Å²) in [6.07, 6.45) is 19.4. The number of hydrogen-bond donors (Lipinski definition) is 6. The van der Waals surface area contributed by atoms with Gasteiger partial charge in [-0.15, -0.1) is 41.4 Å². The molecule has 0 aliphatic carbocycles. The van der Waals surface area contributed by atoms with E-state index in [9.17, 15) is 46.7 Å². The van der Waals surface area contributed by atoms with Gasteiger partial charge < -0.3 is 35.5 Å². The number of nitrogens with one attached hydrogen (secondary N) is 4. The maximum absolute atomic E-state index is 13.2. The average Bonchev–Trinajstić information content (AvgIpc) is 1.58. The maximum Gasteiger partial charge on any atom is 0.416 e. The lowest BCUT2D eigenvalue weighted by Gasteiger charge is -2.35. The van der Waals surface area contributed by atoms with Gasteiger partial charge in [-0.3, -0.25) is 53.4 Å². The zero-order valence-electron chi connectivity index (χ0n) is 61.5. The fourth-order valence-electron chi connectivity index (χ4n) is 11.4. The van der Waals surface area contributed by atoms with Crippen LogP contribution >= 0.6 is 24.0 Å². The van der Waals surface area contributed by atoms with E-state index in [0.717, 1.165) is 123 Å². The van der Waals surface area contributed by atoms with Gasteiger partial charge in [0.1, 0.15) is 11.6 Å². The number of aryl methyl sites for hydroxylation is 2. The molecule has 5 aromatic rings. The van der Waals surface area contributed by atoms with Gasteiger partial charge in [-0.25, -0.2) is 0 Å². The fourth-order valence-corrected chi connectivity index (χ4v) is 11.4. The smallest absolute Gasteiger partial charge is 0.379 e. The molecule has 8 N–H and O–H groups in total. The second-order valence-electron chi connectivity index (χ2n) is 27.4. The largest absolute Gasteiger partial charge is 0.416 e. The van der Waals surface area contributed by atoms with Crippen LogP contribution in [0, 0.1) is 24.8 Å². The standard InChI is InChI=1S/C34H37F3N2O3.C22H28N4O5.C12H22N4O.C8H18O.HI.H2N2/c1-5-6-7-8-16-42-33(3,4)32-30(39-14-17-41-18-15-39)22-27(23-38-32)29-19-25(13-12-24(29)2)20-31(40)26-10-9-11-28(21-26)34(35,36)37;1-22(2,25-17(28)9-4-3-5-12-23)14-8-6-7-13-18(14)21(31)26(20(13)30)15-10-11-16(27)24-19(15)29;1-12(2,3)14-11(17)7-5-4-6-9-16-10-8-13-15-16;1-4-5-6-7-9-8(2)3;;1-2/h1,9-13,19,21-23H,6-8,14-18,20H2,2-4H3;6-8,15H,3-5,9-12,23H2,1-2H3,(H,25,28)(H,24,27,29);8,10H,4-7,9H2,1-3H3,(H,14,17);8H,4-7H2,1-3H3;1H;1-2H/p+1. The maximum atomic E-state index is 13.2. The monoisotopic (exact) mass is 1530 g/mol. The van der Waals surface area contributed by atoms with E-state index in [-0.39, 0.29) is 83.1 Å². The van der Waals surface area contributed by atoms with E-state index >= 15 is 0 Å². The van der Waals surface area contributed by atoms with E-state index in [2.05, 4.69) is 69.5 Å². The number of rotatable bonds is 30. The lowest BCUT2D eigenvalue weighted by atomic mass is 9.87. The van der Waals surface area contributed by atoms with Crippen molar-refractivity contribution in [1.29, 1.82) is 5.53 Å². The van der Waals surface area contributed by atoms with Crippen molar-refractivity contribution in [2.24, 2.45) is 5.73 Å². The Kier molecular flexibility index (Phi) is 38.1. The number of nitrogens with two attached hydrogens (primary N) is 2. The minimum absolute atomic E-state index is 0. The third kappa shape index (κ3) is 29.1. The molecular weight excluding hydrogens is 1420 g/mol. The number of carbonyl (C=O) groups is 7. The second kappa shape index (κ2) is 44.0. The van der Waals surface area contributed by atoms with Gasteiger partial charge in [0.15, 0.2) is 5.78 Å². The number of fused-ring (bicyclic) bond motifs is 1. The Balaban J connectivity index is 0.000000393. The van der Waals surface area contributed by atoms with Gasteiger partial charge in [-0.2, -0.15) is 18.7 Å². The van der Waals surface area contributed by atoms with Crippen LogP contribution < -0.4 is 32.1 Å². The molecule has 0 saturated carbocycles. The van der Waals surface area contributed by atoms with Crippen molar-refractivity contribution < 1.29 is 66.5 Å². The number of pyridine rings is 1. The summed E-state index contributed by atoms with van der Waals surface area (Å²) in [5.74, 6) is 0.0327. The Labute approximate surface area is 617 Å². The van der Waals surface area contributed by atoms with Crippen molar-refractivity contribution in [2.45, 2.75) is 227 Å². The molecule has 1 atom stereocenters. The highest BCUT2D eigenvalue weighted by Gasteiger charge is 2.47. The van der Waals surface area contributed by atoms with Crippen LogP contribution in [0.25, 0.3) is 11.1 Å². The van der Waals surface area contributed by atoms with E-state index in [1.165, 1.54) is 37.5 Å². The van der Waals surface area contributed by atoms with E-state index in [4.69, 9.17) is 36.9 Å². The minimum Gasteiger partial charge on any atom is -0.379 e. The molecular formula is C76H109F3IN12O10+. The van der Waals surface area contributed by atoms with Crippen molar-refractivity contribution in [2.75, 3.05) is 51.0 Å². The number of nitrogens with zero attached hydrogens (tertiary/aromatic N) is 6. The third-order valence-corrected chi connectivity index (χ3v) is 16.6. The van der Waals surface area contributed by atoms with Crippen LogP contribution in [-0.2, 0) is 63.7 Å². The highest BCUT2D eigenvalue weighted by molar-refractivity contribution is 14.0. The van der Waals surface area contributed by atoms with Crippen LogP contribution in [0.3, 0.4) is 0 Å². The van der Waals surface area contributed by atoms with Crippen molar-refractivity contribution >= 4 is 70.9 Å². The Bertz CT molecular complexity index is 3530. The topological polar surface area (TPSA) is 309 Å². The number of anilines is 1. The van der Waals surface area contributed by atoms with Gasteiger partial charge >= 0.3 is 6.18 Å². The summed E-state index contributed by atoms with van der Waals surface area (Å²) in [6.45, 7) is 27.6. The second-order valence-corrected chi connectivity index (χ2v) is 27.4. The molecule has 8 rings (SSSR count). The number of alkyl halides is 3. The first-order valence-electron chi connectivity index (χ1n) is 35.0. The van der Waals surface area contributed by atoms with Gasteiger partial charge in [0.25, 0.3) is 11.8 Å².